The van der Waals surface area contributed by atoms with Gasteiger partial charge in [0.15, 0.2) is 0 Å². The maximum atomic E-state index is 12.5. The van der Waals surface area contributed by atoms with Crippen molar-refractivity contribution in [1.82, 2.24) is 0 Å². The molecule has 5 nitrogen and oxygen atoms in total. The van der Waals surface area contributed by atoms with E-state index >= 15 is 0 Å². The fourth-order valence-electron chi connectivity index (χ4n) is 2.50. The number of hydrogen-bond donors (Lipinski definition) is 2. The van der Waals surface area contributed by atoms with Crippen LogP contribution in [0.4, 0.5) is 11.4 Å². The summed E-state index contributed by atoms with van der Waals surface area (Å²) in [5.41, 5.74) is 0.855. The van der Waals surface area contributed by atoms with Gasteiger partial charge in [-0.25, -0.2) is 8.42 Å². The summed E-state index contributed by atoms with van der Waals surface area (Å²) in [6.07, 6.45) is 0. The number of nitrogens with one attached hydrogen (secondary N) is 2. The van der Waals surface area contributed by atoms with Crippen LogP contribution in [-0.2, 0) is 14.8 Å². The van der Waals surface area contributed by atoms with Crippen molar-refractivity contribution < 1.29 is 13.2 Å². The summed E-state index contributed by atoms with van der Waals surface area (Å²) < 4.78 is 27.5. The minimum atomic E-state index is -3.70. The van der Waals surface area contributed by atoms with Gasteiger partial charge in [-0.1, -0.05) is 48.0 Å². The molecule has 0 saturated heterocycles. The van der Waals surface area contributed by atoms with E-state index in [2.05, 4.69) is 10.0 Å². The van der Waals surface area contributed by atoms with Crippen LogP contribution in [-0.4, -0.2) is 19.6 Å². The van der Waals surface area contributed by atoms with Crippen LogP contribution in [0.2, 0.25) is 5.02 Å². The highest BCUT2D eigenvalue weighted by Crippen LogP contribution is 2.30. The molecule has 0 aliphatic carbocycles. The maximum Gasteiger partial charge on any atom is 0.261 e. The van der Waals surface area contributed by atoms with E-state index in [0.717, 1.165) is 4.90 Å². The number of halogens is 1. The molecule has 1 unspecified atom stereocenters. The Labute approximate surface area is 179 Å². The van der Waals surface area contributed by atoms with E-state index in [-0.39, 0.29) is 16.1 Å². The van der Waals surface area contributed by atoms with Crippen molar-refractivity contribution in [2.45, 2.75) is 22.0 Å². The third-order valence-electron chi connectivity index (χ3n) is 3.95. The molecule has 2 N–H and O–H groups in total. The summed E-state index contributed by atoms with van der Waals surface area (Å²) in [4.78, 5) is 13.5. The average Bonchev–Trinajstić information content (AvgIpc) is 2.70. The molecular weight excluding hydrogens is 428 g/mol. The van der Waals surface area contributed by atoms with Crippen molar-refractivity contribution in [2.75, 3.05) is 10.0 Å². The lowest BCUT2D eigenvalue weighted by molar-refractivity contribution is -0.115. The van der Waals surface area contributed by atoms with Crippen molar-refractivity contribution in [2.24, 2.45) is 0 Å². The van der Waals surface area contributed by atoms with Crippen molar-refractivity contribution in [3.63, 3.8) is 0 Å². The molecule has 0 aliphatic rings. The third kappa shape index (κ3) is 5.76. The Hall–Kier alpha value is -2.48. The minimum absolute atomic E-state index is 0.166. The van der Waals surface area contributed by atoms with E-state index < -0.39 is 10.0 Å². The zero-order valence-electron chi connectivity index (χ0n) is 15.5. The zero-order chi connectivity index (χ0) is 20.9. The summed E-state index contributed by atoms with van der Waals surface area (Å²) in [5.74, 6) is -0.210. The first kappa shape index (κ1) is 21.2. The molecule has 0 fully saturated rings. The molecule has 3 rings (SSSR count). The Morgan fingerprint density at radius 2 is 1.59 bits per heavy atom. The average molecular weight is 447 g/mol. The molecule has 1 amide bonds. The molecule has 3 aromatic carbocycles. The maximum absolute atomic E-state index is 12.5. The van der Waals surface area contributed by atoms with Crippen LogP contribution in [0.5, 0.6) is 0 Å². The monoisotopic (exact) mass is 446 g/mol. The fourth-order valence-corrected chi connectivity index (χ4v) is 4.73. The Morgan fingerprint density at radius 1 is 0.931 bits per heavy atom. The number of rotatable bonds is 7. The largest absolute Gasteiger partial charge is 0.325 e. The van der Waals surface area contributed by atoms with Gasteiger partial charge in [0.2, 0.25) is 5.91 Å². The molecule has 29 heavy (non-hydrogen) atoms. The van der Waals surface area contributed by atoms with Crippen LogP contribution in [0.3, 0.4) is 0 Å². The number of anilines is 2. The fraction of sp³-hybridized carbons (Fsp3) is 0.0952. The van der Waals surface area contributed by atoms with E-state index in [1.807, 2.05) is 18.2 Å². The molecule has 0 bridgehead atoms. The Kier molecular flexibility index (Phi) is 6.84. The van der Waals surface area contributed by atoms with Gasteiger partial charge in [-0.3, -0.25) is 9.52 Å². The highest BCUT2D eigenvalue weighted by atomic mass is 35.5. The van der Waals surface area contributed by atoms with Gasteiger partial charge in [-0.05, 0) is 49.4 Å². The van der Waals surface area contributed by atoms with Crippen LogP contribution < -0.4 is 10.0 Å². The van der Waals surface area contributed by atoms with Gasteiger partial charge in [0.05, 0.1) is 20.9 Å². The van der Waals surface area contributed by atoms with Crippen LogP contribution in [0.1, 0.15) is 6.92 Å². The van der Waals surface area contributed by atoms with Crippen molar-refractivity contribution in [1.29, 1.82) is 0 Å². The van der Waals surface area contributed by atoms with Crippen molar-refractivity contribution in [3.05, 3.63) is 83.9 Å². The molecule has 8 heteroatoms. The summed E-state index contributed by atoms with van der Waals surface area (Å²) >= 11 is 7.50. The molecule has 0 aromatic heterocycles. The lowest BCUT2D eigenvalue weighted by atomic mass is 10.3. The second-order valence-corrected chi connectivity index (χ2v) is 9.65. The lowest BCUT2D eigenvalue weighted by Gasteiger charge is -2.14. The Balaban J connectivity index is 1.68. The smallest absolute Gasteiger partial charge is 0.261 e. The standard InChI is InChI=1S/C21H19ClN2O3S2/c1-15(28-20-13-6-5-12-19(20)22)21(25)23-16-8-7-9-17(14-16)24-29(26,27)18-10-3-2-4-11-18/h2-15,24H,1H3,(H,23,25). The van der Waals surface area contributed by atoms with Gasteiger partial charge in [0.1, 0.15) is 0 Å². The first-order chi connectivity index (χ1) is 13.8. The predicted octanol–water partition coefficient (Wildman–Crippen LogP) is 5.26. The minimum Gasteiger partial charge on any atom is -0.325 e. The number of sulfonamides is 1. The number of thioether (sulfide) groups is 1. The first-order valence-electron chi connectivity index (χ1n) is 8.75. The van der Waals surface area contributed by atoms with E-state index in [0.29, 0.717) is 16.4 Å². The van der Waals surface area contributed by atoms with Crippen LogP contribution in [0, 0.1) is 0 Å². The molecule has 0 radical (unpaired) electrons. The molecular formula is C21H19ClN2O3S2. The van der Waals surface area contributed by atoms with Crippen molar-refractivity contribution >= 4 is 50.7 Å². The second-order valence-electron chi connectivity index (χ2n) is 6.18. The summed E-state index contributed by atoms with van der Waals surface area (Å²) in [7, 11) is -3.70. The van der Waals surface area contributed by atoms with E-state index in [4.69, 9.17) is 11.6 Å². The highest BCUT2D eigenvalue weighted by molar-refractivity contribution is 8.00. The normalized spacial score (nSPS) is 12.2. The predicted molar refractivity (Wildman–Crippen MR) is 119 cm³/mol. The number of hydrogen-bond acceptors (Lipinski definition) is 4. The van der Waals surface area contributed by atoms with Gasteiger partial charge >= 0.3 is 0 Å². The number of carbonyl (C=O) groups is 1. The molecule has 150 valence electrons. The number of amides is 1. The first-order valence-corrected chi connectivity index (χ1v) is 11.5. The van der Waals surface area contributed by atoms with Gasteiger partial charge in [0, 0.05) is 10.6 Å². The molecule has 0 heterocycles. The SMILES string of the molecule is CC(Sc1ccccc1Cl)C(=O)Nc1cccc(NS(=O)(=O)c2ccccc2)c1. The van der Waals surface area contributed by atoms with E-state index in [1.54, 1.807) is 55.5 Å². The molecule has 3 aromatic rings. The highest BCUT2D eigenvalue weighted by Gasteiger charge is 2.17. The van der Waals surface area contributed by atoms with E-state index in [1.165, 1.54) is 23.9 Å². The van der Waals surface area contributed by atoms with Gasteiger partial charge < -0.3 is 5.32 Å². The molecule has 0 saturated carbocycles. The topological polar surface area (TPSA) is 75.3 Å². The van der Waals surface area contributed by atoms with Gasteiger partial charge in [-0.2, -0.15) is 0 Å². The second kappa shape index (κ2) is 9.35. The van der Waals surface area contributed by atoms with Crippen molar-refractivity contribution in [3.8, 4) is 0 Å². The Morgan fingerprint density at radius 3 is 2.31 bits per heavy atom. The van der Waals surface area contributed by atoms with Crippen LogP contribution in [0.25, 0.3) is 0 Å². The third-order valence-corrected chi connectivity index (χ3v) is 6.96. The van der Waals surface area contributed by atoms with Gasteiger partial charge in [-0.15, -0.1) is 11.8 Å². The van der Waals surface area contributed by atoms with E-state index in [9.17, 15) is 13.2 Å². The number of benzene rings is 3. The number of carbonyl (C=O) groups excluding carboxylic acids is 1. The molecule has 0 spiro atoms. The molecule has 0 aliphatic heterocycles. The lowest BCUT2D eigenvalue weighted by Crippen LogP contribution is -2.22. The molecule has 1 atom stereocenters. The van der Waals surface area contributed by atoms with Gasteiger partial charge in [0.25, 0.3) is 10.0 Å². The zero-order valence-corrected chi connectivity index (χ0v) is 17.9. The van der Waals surface area contributed by atoms with Crippen LogP contribution in [0.15, 0.2) is 88.7 Å². The summed E-state index contributed by atoms with van der Waals surface area (Å²) in [5, 5.41) is 3.01. The summed E-state index contributed by atoms with van der Waals surface area (Å²) in [6.45, 7) is 1.78. The quantitative estimate of drug-likeness (QED) is 0.485. The summed E-state index contributed by atoms with van der Waals surface area (Å²) in [6, 6.07) is 22.0. The van der Waals surface area contributed by atoms with Crippen LogP contribution >= 0.6 is 23.4 Å². The Bertz CT molecular complexity index is 1110.